The quantitative estimate of drug-likeness (QED) is 0.439. The topological polar surface area (TPSA) is 51.5 Å². The minimum absolute atomic E-state index is 0.278. The maximum Gasteiger partial charge on any atom is 0.169 e. The largest absolute Gasteiger partial charge is 0.495 e. The number of methoxy groups -OCH3 is 1. The predicted molar refractivity (Wildman–Crippen MR) is 104 cm³/mol. The molecule has 0 bridgehead atoms. The van der Waals surface area contributed by atoms with Crippen LogP contribution in [0.2, 0.25) is 0 Å². The average Bonchev–Trinajstić information content (AvgIpc) is 3.02. The van der Waals surface area contributed by atoms with Gasteiger partial charge in [-0.2, -0.15) is 5.10 Å². The average molecular weight is 468 g/mol. The third kappa shape index (κ3) is 3.55. The van der Waals surface area contributed by atoms with E-state index in [9.17, 15) is 8.78 Å². The Kier molecular flexibility index (Phi) is 5.21. The summed E-state index contributed by atoms with van der Waals surface area (Å²) in [6, 6.07) is 5.50. The zero-order chi connectivity index (χ0) is 18.8. The highest BCUT2D eigenvalue weighted by Gasteiger charge is 2.14. The van der Waals surface area contributed by atoms with Gasteiger partial charge in [-0.25, -0.2) is 18.3 Å². The van der Waals surface area contributed by atoms with Crippen LogP contribution in [0.3, 0.4) is 0 Å². The molecule has 0 aliphatic rings. The Bertz CT molecular complexity index is 1020. The van der Waals surface area contributed by atoms with Gasteiger partial charge < -0.3 is 10.1 Å². The third-order valence-corrected chi connectivity index (χ3v) is 4.52. The fourth-order valence-electron chi connectivity index (χ4n) is 2.34. The Labute approximate surface area is 162 Å². The van der Waals surface area contributed by atoms with Crippen LogP contribution in [0.25, 0.3) is 17.1 Å². The monoisotopic (exact) mass is 468 g/mol. The Morgan fingerprint density at radius 3 is 2.73 bits per heavy atom. The second-order valence-electron chi connectivity index (χ2n) is 5.46. The number of hydrogen-bond acceptors (Lipinski definition) is 4. The third-order valence-electron chi connectivity index (χ3n) is 3.76. The molecule has 8 heteroatoms. The molecule has 2 aromatic heterocycles. The lowest BCUT2D eigenvalue weighted by molar-refractivity contribution is 0.368. The number of hydrogen-bond donors (Lipinski definition) is 1. The molecule has 0 aliphatic carbocycles. The summed E-state index contributed by atoms with van der Waals surface area (Å²) in [5.41, 5.74) is 2.98. The van der Waals surface area contributed by atoms with Crippen LogP contribution in [0, 0.1) is 15.2 Å². The van der Waals surface area contributed by atoms with E-state index in [4.69, 9.17) is 4.74 Å². The highest BCUT2D eigenvalue weighted by molar-refractivity contribution is 14.1. The summed E-state index contributed by atoms with van der Waals surface area (Å²) >= 11 is 2.14. The Morgan fingerprint density at radius 2 is 2.04 bits per heavy atom. The number of nitrogens with zero attached hydrogens (tertiary/aromatic N) is 3. The minimum atomic E-state index is -0.887. The zero-order valence-corrected chi connectivity index (χ0v) is 16.0. The Hall–Kier alpha value is -2.49. The van der Waals surface area contributed by atoms with Gasteiger partial charge in [0.15, 0.2) is 17.3 Å². The smallest absolute Gasteiger partial charge is 0.169 e. The molecule has 0 amide bonds. The first-order valence-electron chi connectivity index (χ1n) is 7.55. The molecular formula is C18H15F2IN4O. The van der Waals surface area contributed by atoms with Crippen molar-refractivity contribution >= 4 is 39.7 Å². The van der Waals surface area contributed by atoms with E-state index >= 15 is 0 Å². The van der Waals surface area contributed by atoms with Gasteiger partial charge in [-0.3, -0.25) is 0 Å². The lowest BCUT2D eigenvalue weighted by Gasteiger charge is -2.13. The number of aromatic nitrogens is 3. The number of rotatable bonds is 6. The molecule has 0 spiro atoms. The Balaban J connectivity index is 1.88. The summed E-state index contributed by atoms with van der Waals surface area (Å²) < 4.78 is 34.1. The van der Waals surface area contributed by atoms with Crippen LogP contribution in [0.4, 0.5) is 8.78 Å². The molecule has 3 aromatic rings. The maximum absolute atomic E-state index is 13.3. The first kappa shape index (κ1) is 18.3. The van der Waals surface area contributed by atoms with Crippen LogP contribution in [-0.2, 0) is 11.3 Å². The molecule has 0 unspecified atom stereocenters. The van der Waals surface area contributed by atoms with Crippen molar-refractivity contribution in [3.05, 3.63) is 75.8 Å². The highest BCUT2D eigenvalue weighted by Crippen LogP contribution is 2.22. The van der Waals surface area contributed by atoms with Gasteiger partial charge in [0, 0.05) is 6.54 Å². The number of benzene rings is 1. The van der Waals surface area contributed by atoms with Crippen molar-refractivity contribution in [2.75, 3.05) is 7.11 Å². The fourth-order valence-corrected chi connectivity index (χ4v) is 2.82. The first-order chi connectivity index (χ1) is 12.4. The van der Waals surface area contributed by atoms with Gasteiger partial charge in [-0.1, -0.05) is 19.2 Å². The number of fused-ring (bicyclic) bond motifs is 1. The second kappa shape index (κ2) is 7.40. The zero-order valence-electron chi connectivity index (χ0n) is 13.9. The number of nitrogens with one attached hydrogen (secondary N) is 1. The van der Waals surface area contributed by atoms with Crippen molar-refractivity contribution in [3.63, 3.8) is 0 Å². The van der Waals surface area contributed by atoms with Crippen LogP contribution < -0.4 is 5.32 Å². The van der Waals surface area contributed by atoms with E-state index in [-0.39, 0.29) is 6.54 Å². The first-order valence-corrected chi connectivity index (χ1v) is 8.63. The van der Waals surface area contributed by atoms with Crippen LogP contribution in [0.15, 0.2) is 43.6 Å². The van der Waals surface area contributed by atoms with E-state index < -0.39 is 11.6 Å². The molecule has 0 saturated heterocycles. The molecule has 2 heterocycles. The molecule has 3 rings (SSSR count). The van der Waals surface area contributed by atoms with Crippen LogP contribution in [0.5, 0.6) is 0 Å². The molecule has 0 saturated carbocycles. The normalized spacial score (nSPS) is 10.8. The standard InChI is InChI=1S/C18H15F2IN4O/c1-10(22-8-12-4-5-13(19)14(20)6-12)16-7-17(11(2)26-3)25-18(24-16)15(21)9-23-25/h4-7,9,22H,1-2,8H2,3H3. The summed E-state index contributed by atoms with van der Waals surface area (Å²) in [7, 11) is 1.53. The summed E-state index contributed by atoms with van der Waals surface area (Å²) in [6.07, 6.45) is 1.69. The van der Waals surface area contributed by atoms with E-state index in [1.54, 1.807) is 16.8 Å². The van der Waals surface area contributed by atoms with Crippen LogP contribution in [0.1, 0.15) is 17.0 Å². The van der Waals surface area contributed by atoms with Gasteiger partial charge in [0.1, 0.15) is 11.5 Å². The lowest BCUT2D eigenvalue weighted by atomic mass is 10.2. The van der Waals surface area contributed by atoms with Gasteiger partial charge in [-0.05, 0) is 46.4 Å². The number of halogens is 3. The van der Waals surface area contributed by atoms with Crippen molar-refractivity contribution in [2.45, 2.75) is 6.54 Å². The minimum Gasteiger partial charge on any atom is -0.495 e. The Morgan fingerprint density at radius 1 is 1.27 bits per heavy atom. The van der Waals surface area contributed by atoms with Crippen molar-refractivity contribution in [2.24, 2.45) is 0 Å². The second-order valence-corrected chi connectivity index (χ2v) is 6.62. The summed E-state index contributed by atoms with van der Waals surface area (Å²) in [5.74, 6) is -1.33. The van der Waals surface area contributed by atoms with Crippen LogP contribution in [-0.4, -0.2) is 21.7 Å². The van der Waals surface area contributed by atoms with Crippen LogP contribution >= 0.6 is 22.6 Å². The van der Waals surface area contributed by atoms with E-state index in [0.717, 1.165) is 15.7 Å². The van der Waals surface area contributed by atoms with E-state index in [0.29, 0.717) is 34.1 Å². The highest BCUT2D eigenvalue weighted by atomic mass is 127. The van der Waals surface area contributed by atoms with Gasteiger partial charge >= 0.3 is 0 Å². The molecule has 5 nitrogen and oxygen atoms in total. The molecule has 134 valence electrons. The SMILES string of the molecule is C=C(NCc1ccc(F)c(F)c1)c1cc(C(=C)OC)n2ncc(I)c2n1. The van der Waals surface area contributed by atoms with Gasteiger partial charge in [0.25, 0.3) is 0 Å². The molecule has 26 heavy (non-hydrogen) atoms. The van der Waals surface area contributed by atoms with Gasteiger partial charge in [-0.15, -0.1) is 0 Å². The van der Waals surface area contributed by atoms with E-state index in [1.807, 2.05) is 0 Å². The lowest BCUT2D eigenvalue weighted by Crippen LogP contribution is -2.14. The van der Waals surface area contributed by atoms with Crippen molar-refractivity contribution in [1.82, 2.24) is 19.9 Å². The maximum atomic E-state index is 13.3. The van der Waals surface area contributed by atoms with Crippen molar-refractivity contribution in [1.29, 1.82) is 0 Å². The number of ether oxygens (including phenoxy) is 1. The van der Waals surface area contributed by atoms with Crippen molar-refractivity contribution < 1.29 is 13.5 Å². The molecule has 0 radical (unpaired) electrons. The molecule has 0 fully saturated rings. The fraction of sp³-hybridized carbons (Fsp3) is 0.111. The predicted octanol–water partition coefficient (Wildman–Crippen LogP) is 3.99. The molecule has 1 N–H and O–H groups in total. The van der Waals surface area contributed by atoms with Gasteiger partial charge in [0.2, 0.25) is 0 Å². The summed E-state index contributed by atoms with van der Waals surface area (Å²) in [5, 5.41) is 7.35. The van der Waals surface area contributed by atoms with Crippen molar-refractivity contribution in [3.8, 4) is 0 Å². The summed E-state index contributed by atoms with van der Waals surface area (Å²) in [6.45, 7) is 8.13. The van der Waals surface area contributed by atoms with E-state index in [1.165, 1.54) is 13.2 Å². The molecule has 1 aromatic carbocycles. The molecular weight excluding hydrogens is 453 g/mol. The van der Waals surface area contributed by atoms with Gasteiger partial charge in [0.05, 0.1) is 28.3 Å². The molecule has 0 atom stereocenters. The van der Waals surface area contributed by atoms with E-state index in [2.05, 4.69) is 51.1 Å². The molecule has 0 aliphatic heterocycles. The summed E-state index contributed by atoms with van der Waals surface area (Å²) in [4.78, 5) is 4.56.